The second kappa shape index (κ2) is 4.32. The molecular formula is C14H17N3. The molecule has 0 aliphatic carbocycles. The van der Waals surface area contributed by atoms with Gasteiger partial charge in [0, 0.05) is 18.9 Å². The molecule has 1 aromatic heterocycles. The number of rotatable bonds is 2. The van der Waals surface area contributed by atoms with E-state index in [2.05, 4.69) is 46.0 Å². The van der Waals surface area contributed by atoms with E-state index < -0.39 is 0 Å². The Morgan fingerprint density at radius 2 is 2.06 bits per heavy atom. The summed E-state index contributed by atoms with van der Waals surface area (Å²) in [6.45, 7) is 3.32. The van der Waals surface area contributed by atoms with Crippen molar-refractivity contribution in [3.63, 3.8) is 0 Å². The monoisotopic (exact) mass is 227 g/mol. The van der Waals surface area contributed by atoms with Crippen LogP contribution in [-0.2, 0) is 13.0 Å². The van der Waals surface area contributed by atoms with E-state index in [0.717, 1.165) is 18.8 Å². The minimum Gasteiger partial charge on any atom is -0.314 e. The van der Waals surface area contributed by atoms with E-state index in [9.17, 15) is 0 Å². The van der Waals surface area contributed by atoms with Crippen LogP contribution in [-0.4, -0.2) is 14.8 Å². The Kier molecular flexibility index (Phi) is 2.67. The Balaban J connectivity index is 1.90. The maximum atomic E-state index is 4.36. The van der Waals surface area contributed by atoms with Crippen LogP contribution in [0.2, 0.25) is 0 Å². The van der Waals surface area contributed by atoms with Crippen LogP contribution in [0, 0.1) is 0 Å². The van der Waals surface area contributed by atoms with Gasteiger partial charge in [0.05, 0.1) is 0 Å². The van der Waals surface area contributed by atoms with E-state index >= 15 is 0 Å². The molecule has 17 heavy (non-hydrogen) atoms. The van der Waals surface area contributed by atoms with Gasteiger partial charge in [-0.25, -0.2) is 0 Å². The molecule has 3 rings (SSSR count). The van der Waals surface area contributed by atoms with Crippen LogP contribution < -0.4 is 0 Å². The second-order valence-corrected chi connectivity index (χ2v) is 4.83. The molecule has 1 atom stereocenters. The molecule has 2 heterocycles. The minimum atomic E-state index is 0.556. The lowest BCUT2D eigenvalue weighted by atomic mass is 10.0. The van der Waals surface area contributed by atoms with E-state index in [0.29, 0.717) is 5.92 Å². The Labute approximate surface area is 101 Å². The Hall–Kier alpha value is -1.64. The highest BCUT2D eigenvalue weighted by Crippen LogP contribution is 2.26. The van der Waals surface area contributed by atoms with Crippen molar-refractivity contribution in [3.05, 3.63) is 47.5 Å². The molecule has 2 aromatic rings. The zero-order chi connectivity index (χ0) is 11.7. The lowest BCUT2D eigenvalue weighted by molar-refractivity contribution is 0.456. The van der Waals surface area contributed by atoms with Crippen molar-refractivity contribution < 1.29 is 0 Å². The highest BCUT2D eigenvalue weighted by molar-refractivity contribution is 5.20. The molecule has 0 N–H and O–H groups in total. The third-order valence-electron chi connectivity index (χ3n) is 3.52. The summed E-state index contributed by atoms with van der Waals surface area (Å²) in [5.74, 6) is 2.83. The van der Waals surface area contributed by atoms with E-state index in [-0.39, 0.29) is 0 Å². The fourth-order valence-electron chi connectivity index (χ4n) is 2.55. The predicted molar refractivity (Wildman–Crippen MR) is 66.9 cm³/mol. The van der Waals surface area contributed by atoms with Gasteiger partial charge in [0.1, 0.15) is 11.6 Å². The standard InChI is InChI=1S/C14H17N3/c1-11-6-5-9-17-13(15-16-14(11)17)10-12-7-3-2-4-8-12/h2-4,7-8,11H,5-6,9-10H2,1H3. The summed E-state index contributed by atoms with van der Waals surface area (Å²) in [6, 6.07) is 10.5. The summed E-state index contributed by atoms with van der Waals surface area (Å²) in [4.78, 5) is 0. The number of fused-ring (bicyclic) bond motifs is 1. The van der Waals surface area contributed by atoms with Gasteiger partial charge in [0.25, 0.3) is 0 Å². The summed E-state index contributed by atoms with van der Waals surface area (Å²) in [7, 11) is 0. The van der Waals surface area contributed by atoms with Crippen LogP contribution in [0.1, 0.15) is 42.9 Å². The maximum Gasteiger partial charge on any atom is 0.137 e. The molecule has 0 amide bonds. The second-order valence-electron chi connectivity index (χ2n) is 4.83. The zero-order valence-electron chi connectivity index (χ0n) is 10.1. The SMILES string of the molecule is CC1CCCn2c(Cc3ccccc3)nnc21. The minimum absolute atomic E-state index is 0.556. The Bertz CT molecular complexity index is 501. The zero-order valence-corrected chi connectivity index (χ0v) is 10.1. The normalized spacial score (nSPS) is 19.0. The maximum absolute atomic E-state index is 4.36. The topological polar surface area (TPSA) is 30.7 Å². The summed E-state index contributed by atoms with van der Waals surface area (Å²) in [5.41, 5.74) is 1.31. The number of benzene rings is 1. The van der Waals surface area contributed by atoms with E-state index in [4.69, 9.17) is 0 Å². The van der Waals surface area contributed by atoms with Crippen LogP contribution in [0.25, 0.3) is 0 Å². The molecule has 0 radical (unpaired) electrons. The average Bonchev–Trinajstić information content (AvgIpc) is 2.76. The first-order valence-corrected chi connectivity index (χ1v) is 6.30. The first kappa shape index (κ1) is 10.5. The van der Waals surface area contributed by atoms with Gasteiger partial charge in [0.2, 0.25) is 0 Å². The molecule has 1 aromatic carbocycles. The number of aromatic nitrogens is 3. The molecule has 1 aliphatic rings. The van der Waals surface area contributed by atoms with Gasteiger partial charge in [-0.05, 0) is 18.4 Å². The van der Waals surface area contributed by atoms with Crippen LogP contribution >= 0.6 is 0 Å². The Morgan fingerprint density at radius 1 is 1.24 bits per heavy atom. The third kappa shape index (κ3) is 1.97. The molecule has 0 spiro atoms. The first-order chi connectivity index (χ1) is 8.34. The number of hydrogen-bond donors (Lipinski definition) is 0. The van der Waals surface area contributed by atoms with Gasteiger partial charge in [-0.1, -0.05) is 37.3 Å². The fraction of sp³-hybridized carbons (Fsp3) is 0.429. The molecule has 3 nitrogen and oxygen atoms in total. The molecule has 0 fully saturated rings. The molecule has 0 saturated carbocycles. The summed E-state index contributed by atoms with van der Waals surface area (Å²) < 4.78 is 2.31. The van der Waals surface area contributed by atoms with E-state index in [1.807, 2.05) is 6.07 Å². The first-order valence-electron chi connectivity index (χ1n) is 6.30. The van der Waals surface area contributed by atoms with Crippen molar-refractivity contribution in [2.45, 2.75) is 38.6 Å². The quantitative estimate of drug-likeness (QED) is 0.789. The highest BCUT2D eigenvalue weighted by Gasteiger charge is 2.21. The van der Waals surface area contributed by atoms with Crippen molar-refractivity contribution in [1.29, 1.82) is 0 Å². The van der Waals surface area contributed by atoms with Gasteiger partial charge < -0.3 is 4.57 Å². The number of nitrogens with zero attached hydrogens (tertiary/aromatic N) is 3. The molecule has 88 valence electrons. The summed E-state index contributed by atoms with van der Waals surface area (Å²) >= 11 is 0. The van der Waals surface area contributed by atoms with Crippen molar-refractivity contribution in [1.82, 2.24) is 14.8 Å². The molecular weight excluding hydrogens is 210 g/mol. The molecule has 3 heteroatoms. The van der Waals surface area contributed by atoms with Crippen molar-refractivity contribution >= 4 is 0 Å². The van der Waals surface area contributed by atoms with Gasteiger partial charge >= 0.3 is 0 Å². The molecule has 1 aliphatic heterocycles. The lowest BCUT2D eigenvalue weighted by Gasteiger charge is -2.20. The fourth-order valence-corrected chi connectivity index (χ4v) is 2.55. The van der Waals surface area contributed by atoms with Crippen LogP contribution in [0.4, 0.5) is 0 Å². The highest BCUT2D eigenvalue weighted by atomic mass is 15.3. The molecule has 0 bridgehead atoms. The van der Waals surface area contributed by atoms with Crippen molar-refractivity contribution in [2.24, 2.45) is 0 Å². The van der Waals surface area contributed by atoms with Crippen LogP contribution in [0.5, 0.6) is 0 Å². The van der Waals surface area contributed by atoms with Gasteiger partial charge in [0.15, 0.2) is 0 Å². The average molecular weight is 227 g/mol. The van der Waals surface area contributed by atoms with Crippen LogP contribution in [0.15, 0.2) is 30.3 Å². The Morgan fingerprint density at radius 3 is 2.88 bits per heavy atom. The predicted octanol–water partition coefficient (Wildman–Crippen LogP) is 2.77. The third-order valence-corrected chi connectivity index (χ3v) is 3.52. The molecule has 1 unspecified atom stereocenters. The summed E-state index contributed by atoms with van der Waals surface area (Å²) in [6.07, 6.45) is 3.37. The lowest BCUT2D eigenvalue weighted by Crippen LogP contribution is -2.16. The van der Waals surface area contributed by atoms with E-state index in [1.54, 1.807) is 0 Å². The van der Waals surface area contributed by atoms with Crippen molar-refractivity contribution in [2.75, 3.05) is 0 Å². The van der Waals surface area contributed by atoms with E-state index in [1.165, 1.54) is 24.2 Å². The van der Waals surface area contributed by atoms with Gasteiger partial charge in [-0.3, -0.25) is 0 Å². The largest absolute Gasteiger partial charge is 0.314 e. The summed E-state index contributed by atoms with van der Waals surface area (Å²) in [5, 5.41) is 8.70. The van der Waals surface area contributed by atoms with Crippen molar-refractivity contribution in [3.8, 4) is 0 Å². The van der Waals surface area contributed by atoms with Gasteiger partial charge in [-0.2, -0.15) is 0 Å². The van der Waals surface area contributed by atoms with Gasteiger partial charge in [-0.15, -0.1) is 10.2 Å². The smallest absolute Gasteiger partial charge is 0.137 e. The number of hydrogen-bond acceptors (Lipinski definition) is 2. The van der Waals surface area contributed by atoms with Crippen LogP contribution in [0.3, 0.4) is 0 Å². The molecule has 0 saturated heterocycles.